The van der Waals surface area contributed by atoms with Gasteiger partial charge in [0.25, 0.3) is 0 Å². The first-order valence-corrected chi connectivity index (χ1v) is 9.34. The number of halogens is 1. The molecule has 0 aliphatic carbocycles. The number of pyridine rings is 1. The molecule has 7 heteroatoms. The summed E-state index contributed by atoms with van der Waals surface area (Å²) in [7, 11) is 1.33. The van der Waals surface area contributed by atoms with E-state index in [1.54, 1.807) is 25.3 Å². The van der Waals surface area contributed by atoms with Gasteiger partial charge in [0.1, 0.15) is 24.5 Å². The molecule has 0 fully saturated rings. The van der Waals surface area contributed by atoms with Crippen LogP contribution in [-0.4, -0.2) is 34.6 Å². The quantitative estimate of drug-likeness (QED) is 0.499. The minimum atomic E-state index is -0.390. The van der Waals surface area contributed by atoms with Crippen molar-refractivity contribution in [1.29, 1.82) is 0 Å². The first-order valence-electron chi connectivity index (χ1n) is 9.34. The standard InChI is InChI=1S/C23H19FN4O2/c1-14-10-16(5-7-19(14)24)22-17(4-3-9-25-22)15-6-8-20-18(11-15)23(28-13-27-20)26-12-21(29)30-2/h3-11,13H,12H2,1-2H3,(H,26,27,28). The Morgan fingerprint density at radius 1 is 1.07 bits per heavy atom. The van der Waals surface area contributed by atoms with Crippen molar-refractivity contribution in [3.63, 3.8) is 0 Å². The van der Waals surface area contributed by atoms with Crippen LogP contribution in [0.25, 0.3) is 33.3 Å². The minimum Gasteiger partial charge on any atom is -0.468 e. The largest absolute Gasteiger partial charge is 0.468 e. The molecule has 2 aromatic heterocycles. The number of ether oxygens (including phenoxy) is 1. The number of hydrogen-bond acceptors (Lipinski definition) is 6. The fourth-order valence-corrected chi connectivity index (χ4v) is 3.25. The minimum absolute atomic E-state index is 0.000159. The summed E-state index contributed by atoms with van der Waals surface area (Å²) < 4.78 is 18.4. The van der Waals surface area contributed by atoms with Gasteiger partial charge in [-0.2, -0.15) is 0 Å². The second-order valence-corrected chi connectivity index (χ2v) is 6.75. The van der Waals surface area contributed by atoms with Gasteiger partial charge in [-0.25, -0.2) is 14.4 Å². The van der Waals surface area contributed by atoms with E-state index >= 15 is 0 Å². The number of rotatable bonds is 5. The lowest BCUT2D eigenvalue weighted by molar-refractivity contribution is -0.138. The summed E-state index contributed by atoms with van der Waals surface area (Å²) in [6, 6.07) is 14.6. The van der Waals surface area contributed by atoms with Crippen LogP contribution >= 0.6 is 0 Å². The number of fused-ring (bicyclic) bond motifs is 1. The number of carbonyl (C=O) groups excluding carboxylic acids is 1. The van der Waals surface area contributed by atoms with Crippen LogP contribution in [0, 0.1) is 12.7 Å². The molecule has 0 atom stereocenters. The van der Waals surface area contributed by atoms with E-state index in [-0.39, 0.29) is 18.3 Å². The van der Waals surface area contributed by atoms with Crippen molar-refractivity contribution < 1.29 is 13.9 Å². The van der Waals surface area contributed by atoms with E-state index in [1.807, 2.05) is 30.3 Å². The van der Waals surface area contributed by atoms with Gasteiger partial charge in [0, 0.05) is 22.7 Å². The molecule has 30 heavy (non-hydrogen) atoms. The molecule has 4 rings (SSSR count). The smallest absolute Gasteiger partial charge is 0.325 e. The summed E-state index contributed by atoms with van der Waals surface area (Å²) >= 11 is 0. The van der Waals surface area contributed by atoms with Crippen LogP contribution in [0.2, 0.25) is 0 Å². The van der Waals surface area contributed by atoms with E-state index in [2.05, 4.69) is 25.0 Å². The zero-order valence-electron chi connectivity index (χ0n) is 16.5. The second-order valence-electron chi connectivity index (χ2n) is 6.75. The lowest BCUT2D eigenvalue weighted by Gasteiger charge is -2.12. The molecule has 0 unspecified atom stereocenters. The Morgan fingerprint density at radius 2 is 1.90 bits per heavy atom. The molecule has 0 saturated heterocycles. The Morgan fingerprint density at radius 3 is 2.70 bits per heavy atom. The monoisotopic (exact) mass is 402 g/mol. The number of aromatic nitrogens is 3. The molecule has 0 saturated carbocycles. The molecule has 2 heterocycles. The molecule has 6 nitrogen and oxygen atoms in total. The third-order valence-electron chi connectivity index (χ3n) is 4.81. The van der Waals surface area contributed by atoms with Crippen molar-refractivity contribution in [2.75, 3.05) is 19.0 Å². The Kier molecular flexibility index (Phi) is 5.34. The fraction of sp³-hybridized carbons (Fsp3) is 0.130. The number of anilines is 1. The molecule has 0 amide bonds. The molecule has 0 bridgehead atoms. The van der Waals surface area contributed by atoms with Gasteiger partial charge in [0.2, 0.25) is 0 Å². The van der Waals surface area contributed by atoms with Crippen LogP contribution in [0.4, 0.5) is 10.2 Å². The molecule has 0 aliphatic rings. The molecular weight excluding hydrogens is 383 g/mol. The summed E-state index contributed by atoms with van der Waals surface area (Å²) in [5.74, 6) is -0.102. The Bertz CT molecular complexity index is 1240. The molecule has 1 N–H and O–H groups in total. The van der Waals surface area contributed by atoms with Crippen molar-refractivity contribution in [2.24, 2.45) is 0 Å². The number of hydrogen-bond donors (Lipinski definition) is 1. The number of aryl methyl sites for hydroxylation is 1. The fourth-order valence-electron chi connectivity index (χ4n) is 3.25. The highest BCUT2D eigenvalue weighted by Crippen LogP contribution is 2.33. The van der Waals surface area contributed by atoms with Crippen LogP contribution in [0.1, 0.15) is 5.56 Å². The molecule has 150 valence electrons. The van der Waals surface area contributed by atoms with Crippen molar-refractivity contribution in [1.82, 2.24) is 15.0 Å². The van der Waals surface area contributed by atoms with Crippen LogP contribution in [0.15, 0.2) is 61.1 Å². The summed E-state index contributed by atoms with van der Waals surface area (Å²) in [6.45, 7) is 1.73. The molecule has 0 aliphatic heterocycles. The highest BCUT2D eigenvalue weighted by Gasteiger charge is 2.13. The Balaban J connectivity index is 1.80. The van der Waals surface area contributed by atoms with Gasteiger partial charge in [-0.15, -0.1) is 0 Å². The van der Waals surface area contributed by atoms with Gasteiger partial charge in [-0.3, -0.25) is 9.78 Å². The summed E-state index contributed by atoms with van der Waals surface area (Å²) in [5, 5.41) is 3.76. The highest BCUT2D eigenvalue weighted by molar-refractivity contribution is 5.95. The van der Waals surface area contributed by atoms with E-state index in [0.29, 0.717) is 11.4 Å². The maximum Gasteiger partial charge on any atom is 0.325 e. The van der Waals surface area contributed by atoms with Crippen molar-refractivity contribution in [2.45, 2.75) is 6.92 Å². The maximum atomic E-state index is 13.7. The number of benzene rings is 2. The lowest BCUT2D eigenvalue weighted by atomic mass is 9.97. The zero-order chi connectivity index (χ0) is 21.1. The number of nitrogens with one attached hydrogen (secondary N) is 1. The van der Waals surface area contributed by atoms with E-state index < -0.39 is 0 Å². The molecule has 0 spiro atoms. The summed E-state index contributed by atoms with van der Waals surface area (Å²) in [4.78, 5) is 24.6. The molecular formula is C23H19FN4O2. The first-order chi connectivity index (χ1) is 14.6. The molecule has 2 aromatic carbocycles. The average molecular weight is 402 g/mol. The van der Waals surface area contributed by atoms with Gasteiger partial charge in [-0.1, -0.05) is 12.1 Å². The topological polar surface area (TPSA) is 77.0 Å². The number of nitrogens with zero attached hydrogens (tertiary/aromatic N) is 3. The van der Waals surface area contributed by atoms with E-state index in [4.69, 9.17) is 0 Å². The van der Waals surface area contributed by atoms with Crippen molar-refractivity contribution in [3.8, 4) is 22.4 Å². The zero-order valence-corrected chi connectivity index (χ0v) is 16.5. The van der Waals surface area contributed by atoms with Gasteiger partial charge in [0.05, 0.1) is 18.3 Å². The third kappa shape index (κ3) is 3.82. The number of methoxy groups -OCH3 is 1. The average Bonchev–Trinajstić information content (AvgIpc) is 2.79. The van der Waals surface area contributed by atoms with Gasteiger partial charge in [0.15, 0.2) is 0 Å². The normalized spacial score (nSPS) is 10.8. The van der Waals surface area contributed by atoms with Crippen LogP contribution in [0.3, 0.4) is 0 Å². The molecule has 0 radical (unpaired) electrons. The number of esters is 1. The first kappa shape index (κ1) is 19.4. The van der Waals surface area contributed by atoms with Crippen LogP contribution in [0.5, 0.6) is 0 Å². The number of carbonyl (C=O) groups is 1. The maximum absolute atomic E-state index is 13.7. The predicted octanol–water partition coefficient (Wildman–Crippen LogP) is 4.39. The lowest BCUT2D eigenvalue weighted by Crippen LogP contribution is -2.16. The Labute approximate surface area is 172 Å². The third-order valence-corrected chi connectivity index (χ3v) is 4.81. The second kappa shape index (κ2) is 8.24. The van der Waals surface area contributed by atoms with E-state index in [0.717, 1.165) is 33.3 Å². The van der Waals surface area contributed by atoms with Gasteiger partial charge >= 0.3 is 5.97 Å². The highest BCUT2D eigenvalue weighted by atomic mass is 19.1. The molecule has 4 aromatic rings. The Hall–Kier alpha value is -3.87. The van der Waals surface area contributed by atoms with Crippen molar-refractivity contribution in [3.05, 3.63) is 72.4 Å². The van der Waals surface area contributed by atoms with Crippen LogP contribution < -0.4 is 5.32 Å². The van der Waals surface area contributed by atoms with E-state index in [1.165, 1.54) is 19.5 Å². The SMILES string of the molecule is COC(=O)CNc1ncnc2ccc(-c3cccnc3-c3ccc(F)c(C)c3)cc12. The summed E-state index contributed by atoms with van der Waals surface area (Å²) in [5.41, 5.74) is 4.69. The summed E-state index contributed by atoms with van der Waals surface area (Å²) in [6.07, 6.45) is 3.16. The predicted molar refractivity (Wildman–Crippen MR) is 113 cm³/mol. The van der Waals surface area contributed by atoms with E-state index in [9.17, 15) is 9.18 Å². The van der Waals surface area contributed by atoms with Gasteiger partial charge < -0.3 is 10.1 Å². The van der Waals surface area contributed by atoms with Crippen molar-refractivity contribution >= 4 is 22.7 Å². The van der Waals surface area contributed by atoms with Crippen LogP contribution in [-0.2, 0) is 9.53 Å². The van der Waals surface area contributed by atoms with Gasteiger partial charge in [-0.05, 0) is 54.4 Å².